The number of benzene rings is 1. The molecule has 0 saturated carbocycles. The summed E-state index contributed by atoms with van der Waals surface area (Å²) in [4.78, 5) is 21.4. The maximum Gasteiger partial charge on any atom is 0.221 e. The average Bonchev–Trinajstić information content (AvgIpc) is 2.25. The lowest BCUT2D eigenvalue weighted by molar-refractivity contribution is -0.118. The zero-order chi connectivity index (χ0) is 12.7. The van der Waals surface area contributed by atoms with Gasteiger partial charge in [0.2, 0.25) is 11.8 Å². The fourth-order valence-electron chi connectivity index (χ4n) is 1.16. The summed E-state index contributed by atoms with van der Waals surface area (Å²) < 4.78 is 0. The van der Waals surface area contributed by atoms with Gasteiger partial charge in [-0.3, -0.25) is 9.59 Å². The van der Waals surface area contributed by atoms with E-state index in [-0.39, 0.29) is 11.8 Å². The number of anilines is 1. The van der Waals surface area contributed by atoms with Gasteiger partial charge in [-0.1, -0.05) is 11.8 Å². The number of hydrogen-bond acceptors (Lipinski definition) is 2. The van der Waals surface area contributed by atoms with E-state index in [1.165, 1.54) is 13.8 Å². The lowest BCUT2D eigenvalue weighted by Gasteiger charge is -2.00. The summed E-state index contributed by atoms with van der Waals surface area (Å²) in [6, 6.07) is 7.19. The average molecular weight is 230 g/mol. The van der Waals surface area contributed by atoms with Crippen molar-refractivity contribution in [3.63, 3.8) is 0 Å². The van der Waals surface area contributed by atoms with Crippen LogP contribution in [0.25, 0.3) is 0 Å². The summed E-state index contributed by atoms with van der Waals surface area (Å²) >= 11 is 0. The molecule has 1 rings (SSSR count). The zero-order valence-electron chi connectivity index (χ0n) is 9.83. The van der Waals surface area contributed by atoms with Crippen LogP contribution in [0, 0.1) is 11.8 Å². The molecular formula is C13H14N2O2. The van der Waals surface area contributed by atoms with Crippen molar-refractivity contribution >= 4 is 17.5 Å². The lowest BCUT2D eigenvalue weighted by Crippen LogP contribution is -2.19. The summed E-state index contributed by atoms with van der Waals surface area (Å²) in [6.45, 7) is 3.24. The highest BCUT2D eigenvalue weighted by Gasteiger charge is 1.94. The molecule has 17 heavy (non-hydrogen) atoms. The molecule has 4 nitrogen and oxygen atoms in total. The van der Waals surface area contributed by atoms with E-state index in [1.54, 1.807) is 12.1 Å². The molecule has 4 heteroatoms. The molecule has 2 amide bonds. The molecule has 88 valence electrons. The van der Waals surface area contributed by atoms with Crippen molar-refractivity contribution in [3.05, 3.63) is 29.8 Å². The Balaban J connectivity index is 2.55. The molecule has 0 radical (unpaired) electrons. The Hall–Kier alpha value is -2.28. The molecule has 0 bridgehead atoms. The van der Waals surface area contributed by atoms with Gasteiger partial charge in [-0.15, -0.1) is 0 Å². The normalized spacial score (nSPS) is 8.82. The number of carbonyl (C=O) groups excluding carboxylic acids is 2. The predicted molar refractivity (Wildman–Crippen MR) is 66.3 cm³/mol. The first-order chi connectivity index (χ1) is 8.08. The summed E-state index contributed by atoms with van der Waals surface area (Å²) in [7, 11) is 0. The lowest BCUT2D eigenvalue weighted by atomic mass is 10.2. The molecule has 0 unspecified atom stereocenters. The minimum atomic E-state index is -0.102. The second-order valence-electron chi connectivity index (χ2n) is 3.47. The third-order valence-corrected chi connectivity index (χ3v) is 1.86. The Labute approximate surface area is 100 Å². The van der Waals surface area contributed by atoms with Crippen molar-refractivity contribution in [3.8, 4) is 11.8 Å². The van der Waals surface area contributed by atoms with Crippen LogP contribution in [0.15, 0.2) is 24.3 Å². The number of nitrogens with one attached hydrogen (secondary N) is 2. The van der Waals surface area contributed by atoms with Gasteiger partial charge >= 0.3 is 0 Å². The van der Waals surface area contributed by atoms with Gasteiger partial charge in [-0.25, -0.2) is 0 Å². The molecule has 1 aromatic rings. The van der Waals surface area contributed by atoms with E-state index in [2.05, 4.69) is 22.5 Å². The standard InChI is InChI=1S/C13H14N2O2/c1-10(16)14-9-3-4-12-5-7-13(8-6-12)15-11(2)17/h5-8H,9H2,1-2H3,(H,14,16)(H,15,17). The summed E-state index contributed by atoms with van der Waals surface area (Å²) in [5.41, 5.74) is 1.58. The van der Waals surface area contributed by atoms with Crippen LogP contribution in [0.5, 0.6) is 0 Å². The third kappa shape index (κ3) is 5.38. The molecule has 0 aromatic heterocycles. The maximum absolute atomic E-state index is 10.8. The van der Waals surface area contributed by atoms with Crippen LogP contribution < -0.4 is 10.6 Å². The minimum Gasteiger partial charge on any atom is -0.345 e. The number of carbonyl (C=O) groups is 2. The number of amides is 2. The Morgan fingerprint density at radius 2 is 1.76 bits per heavy atom. The van der Waals surface area contributed by atoms with Crippen LogP contribution >= 0.6 is 0 Å². The fourth-order valence-corrected chi connectivity index (χ4v) is 1.16. The fraction of sp³-hybridized carbons (Fsp3) is 0.231. The van der Waals surface area contributed by atoms with Gasteiger partial charge in [0.25, 0.3) is 0 Å². The van der Waals surface area contributed by atoms with Crippen LogP contribution in [0.2, 0.25) is 0 Å². The van der Waals surface area contributed by atoms with Crippen molar-refractivity contribution in [2.75, 3.05) is 11.9 Å². The second kappa shape index (κ2) is 6.33. The summed E-state index contributed by atoms with van der Waals surface area (Å²) in [6.07, 6.45) is 0. The van der Waals surface area contributed by atoms with Crippen LogP contribution in [0.1, 0.15) is 19.4 Å². The zero-order valence-corrected chi connectivity index (χ0v) is 9.83. The van der Waals surface area contributed by atoms with Crippen LogP contribution in [-0.4, -0.2) is 18.4 Å². The second-order valence-corrected chi connectivity index (χ2v) is 3.47. The Kier molecular flexibility index (Phi) is 4.77. The molecule has 0 aliphatic carbocycles. The first-order valence-corrected chi connectivity index (χ1v) is 5.19. The van der Waals surface area contributed by atoms with Gasteiger partial charge in [0.15, 0.2) is 0 Å². The van der Waals surface area contributed by atoms with Gasteiger partial charge in [0.1, 0.15) is 0 Å². The molecular weight excluding hydrogens is 216 g/mol. The first-order valence-electron chi connectivity index (χ1n) is 5.19. The van der Waals surface area contributed by atoms with Crippen molar-refractivity contribution < 1.29 is 9.59 Å². The Morgan fingerprint density at radius 1 is 1.12 bits per heavy atom. The van der Waals surface area contributed by atoms with Gasteiger partial charge in [-0.05, 0) is 24.3 Å². The number of rotatable bonds is 2. The number of hydrogen-bond donors (Lipinski definition) is 2. The van der Waals surface area contributed by atoms with Gasteiger partial charge in [0, 0.05) is 25.1 Å². The molecule has 0 heterocycles. The molecule has 0 aliphatic heterocycles. The molecule has 0 fully saturated rings. The van der Waals surface area contributed by atoms with E-state index >= 15 is 0 Å². The molecule has 2 N–H and O–H groups in total. The predicted octanol–water partition coefficient (Wildman–Crippen LogP) is 1.13. The molecule has 0 saturated heterocycles. The summed E-state index contributed by atoms with van der Waals surface area (Å²) in [5, 5.41) is 5.25. The van der Waals surface area contributed by atoms with Crippen LogP contribution in [0.4, 0.5) is 5.69 Å². The Morgan fingerprint density at radius 3 is 2.29 bits per heavy atom. The topological polar surface area (TPSA) is 58.2 Å². The van der Waals surface area contributed by atoms with E-state index in [0.717, 1.165) is 11.3 Å². The molecule has 1 aromatic carbocycles. The minimum absolute atomic E-state index is 0.0969. The van der Waals surface area contributed by atoms with Crippen LogP contribution in [0.3, 0.4) is 0 Å². The maximum atomic E-state index is 10.8. The molecule has 0 aliphatic rings. The van der Waals surface area contributed by atoms with E-state index in [4.69, 9.17) is 0 Å². The van der Waals surface area contributed by atoms with Gasteiger partial charge in [0.05, 0.1) is 6.54 Å². The first kappa shape index (κ1) is 12.8. The largest absolute Gasteiger partial charge is 0.345 e. The van der Waals surface area contributed by atoms with Crippen molar-refractivity contribution in [2.45, 2.75) is 13.8 Å². The highest BCUT2D eigenvalue weighted by atomic mass is 16.1. The van der Waals surface area contributed by atoms with Crippen molar-refractivity contribution in [1.29, 1.82) is 0 Å². The highest BCUT2D eigenvalue weighted by molar-refractivity contribution is 5.88. The molecule has 0 spiro atoms. The monoisotopic (exact) mass is 230 g/mol. The third-order valence-electron chi connectivity index (χ3n) is 1.86. The van der Waals surface area contributed by atoms with E-state index in [1.807, 2.05) is 12.1 Å². The van der Waals surface area contributed by atoms with E-state index < -0.39 is 0 Å². The quantitative estimate of drug-likeness (QED) is 0.748. The smallest absolute Gasteiger partial charge is 0.221 e. The van der Waals surface area contributed by atoms with E-state index in [0.29, 0.717) is 6.54 Å². The van der Waals surface area contributed by atoms with Gasteiger partial charge < -0.3 is 10.6 Å². The van der Waals surface area contributed by atoms with Crippen LogP contribution in [-0.2, 0) is 9.59 Å². The van der Waals surface area contributed by atoms with Crippen molar-refractivity contribution in [1.82, 2.24) is 5.32 Å². The SMILES string of the molecule is CC(=O)NCC#Cc1ccc(NC(C)=O)cc1. The highest BCUT2D eigenvalue weighted by Crippen LogP contribution is 2.08. The molecule has 0 atom stereocenters. The van der Waals surface area contributed by atoms with Gasteiger partial charge in [-0.2, -0.15) is 0 Å². The Bertz CT molecular complexity index is 466. The van der Waals surface area contributed by atoms with Crippen molar-refractivity contribution in [2.24, 2.45) is 0 Å². The summed E-state index contributed by atoms with van der Waals surface area (Å²) in [5.74, 6) is 5.53. The van der Waals surface area contributed by atoms with E-state index in [9.17, 15) is 9.59 Å².